The number of amides is 3. The summed E-state index contributed by atoms with van der Waals surface area (Å²) in [5, 5.41) is 12.4. The number of rotatable bonds is 7. The van der Waals surface area contributed by atoms with Gasteiger partial charge in [0.2, 0.25) is 0 Å². The van der Waals surface area contributed by atoms with Gasteiger partial charge in [0.1, 0.15) is 11.4 Å². The van der Waals surface area contributed by atoms with Gasteiger partial charge < -0.3 is 5.32 Å². The van der Waals surface area contributed by atoms with E-state index in [9.17, 15) is 9.59 Å². The normalized spacial score (nSPS) is 18.8. The molecule has 8 heteroatoms. The van der Waals surface area contributed by atoms with Crippen molar-refractivity contribution in [2.75, 3.05) is 12.3 Å². The Balaban J connectivity index is 1.41. The van der Waals surface area contributed by atoms with E-state index in [1.165, 1.54) is 4.90 Å². The van der Waals surface area contributed by atoms with Crippen LogP contribution < -0.4 is 5.32 Å². The van der Waals surface area contributed by atoms with E-state index in [2.05, 4.69) is 32.2 Å². The third kappa shape index (κ3) is 3.58. The summed E-state index contributed by atoms with van der Waals surface area (Å²) in [7, 11) is 0. The molecule has 0 radical (unpaired) electrons. The van der Waals surface area contributed by atoms with Crippen molar-refractivity contribution >= 4 is 23.7 Å². The maximum atomic E-state index is 12.2. The molecular weight excluding hydrogens is 362 g/mol. The third-order valence-corrected chi connectivity index (χ3v) is 5.83. The molecule has 0 spiro atoms. The molecule has 1 saturated heterocycles. The summed E-state index contributed by atoms with van der Waals surface area (Å²) in [5.74, 6) is 2.12. The molecule has 1 aliphatic heterocycles. The van der Waals surface area contributed by atoms with Crippen LogP contribution in [0.2, 0.25) is 0 Å². The van der Waals surface area contributed by atoms with Crippen LogP contribution in [0.1, 0.15) is 44.9 Å². The van der Waals surface area contributed by atoms with E-state index in [0.29, 0.717) is 18.9 Å². The molecule has 142 valence electrons. The van der Waals surface area contributed by atoms with Gasteiger partial charge in [-0.3, -0.25) is 14.3 Å². The lowest BCUT2D eigenvalue weighted by Gasteiger charge is -2.15. The predicted octanol–water partition coefficient (Wildman–Crippen LogP) is 2.96. The number of carbonyl (C=O) groups excluding carboxylic acids is 2. The Labute approximate surface area is 162 Å². The van der Waals surface area contributed by atoms with Gasteiger partial charge in [-0.15, -0.1) is 10.2 Å². The van der Waals surface area contributed by atoms with Gasteiger partial charge in [0.05, 0.1) is 0 Å². The minimum absolute atomic E-state index is 0.166. The summed E-state index contributed by atoms with van der Waals surface area (Å²) in [5.41, 5.74) is 0.263. The lowest BCUT2D eigenvalue weighted by Crippen LogP contribution is -2.40. The summed E-state index contributed by atoms with van der Waals surface area (Å²) in [4.78, 5) is 25.5. The summed E-state index contributed by atoms with van der Waals surface area (Å²) in [6.45, 7) is 3.86. The summed E-state index contributed by atoms with van der Waals surface area (Å²) >= 11 is 1.61. The number of benzene rings is 1. The van der Waals surface area contributed by atoms with Gasteiger partial charge in [0.15, 0.2) is 5.16 Å². The van der Waals surface area contributed by atoms with Gasteiger partial charge in [-0.1, -0.05) is 30.0 Å². The Morgan fingerprint density at radius 3 is 2.56 bits per heavy atom. The minimum Gasteiger partial charge on any atom is -0.324 e. The van der Waals surface area contributed by atoms with Crippen molar-refractivity contribution in [2.45, 2.75) is 49.7 Å². The van der Waals surface area contributed by atoms with Crippen LogP contribution in [0.25, 0.3) is 5.69 Å². The fraction of sp³-hybridized carbons (Fsp3) is 0.474. The van der Waals surface area contributed by atoms with Crippen molar-refractivity contribution in [3.8, 4) is 5.69 Å². The second-order valence-corrected chi connectivity index (χ2v) is 8.56. The molecule has 1 N–H and O–H groups in total. The van der Waals surface area contributed by atoms with Crippen LogP contribution in [-0.4, -0.2) is 49.4 Å². The van der Waals surface area contributed by atoms with E-state index in [1.807, 2.05) is 18.2 Å². The molecule has 0 bridgehead atoms. The number of nitrogens with one attached hydrogen (secondary N) is 1. The highest BCUT2D eigenvalue weighted by atomic mass is 32.2. The number of aromatic nitrogens is 3. The predicted molar refractivity (Wildman–Crippen MR) is 103 cm³/mol. The number of imide groups is 1. The van der Waals surface area contributed by atoms with Crippen molar-refractivity contribution in [3.05, 3.63) is 36.2 Å². The number of hydrogen-bond acceptors (Lipinski definition) is 5. The quantitative estimate of drug-likeness (QED) is 0.450. The molecule has 27 heavy (non-hydrogen) atoms. The highest BCUT2D eigenvalue weighted by molar-refractivity contribution is 7.99. The molecule has 1 aliphatic carbocycles. The van der Waals surface area contributed by atoms with Crippen LogP contribution in [0.15, 0.2) is 35.5 Å². The van der Waals surface area contributed by atoms with E-state index in [0.717, 1.165) is 35.3 Å². The van der Waals surface area contributed by atoms with Crippen LogP contribution in [0.5, 0.6) is 0 Å². The molecule has 4 rings (SSSR count). The Kier molecular flexibility index (Phi) is 4.67. The van der Waals surface area contributed by atoms with Crippen LogP contribution >= 0.6 is 11.8 Å². The Morgan fingerprint density at radius 1 is 1.19 bits per heavy atom. The molecular formula is C19H23N5O2S. The molecule has 1 saturated carbocycles. The number of thioether (sulfide) groups is 1. The number of nitrogens with zero attached hydrogens (tertiary/aromatic N) is 4. The number of carbonyl (C=O) groups is 2. The van der Waals surface area contributed by atoms with Crippen LogP contribution in [0.4, 0.5) is 4.79 Å². The van der Waals surface area contributed by atoms with Gasteiger partial charge in [-0.05, 0) is 45.2 Å². The van der Waals surface area contributed by atoms with Gasteiger partial charge >= 0.3 is 6.03 Å². The first-order valence-corrected chi connectivity index (χ1v) is 10.2. The van der Waals surface area contributed by atoms with Gasteiger partial charge in [-0.2, -0.15) is 0 Å². The zero-order valence-corrected chi connectivity index (χ0v) is 16.3. The molecule has 0 atom stereocenters. The molecule has 1 aromatic heterocycles. The average molecular weight is 385 g/mol. The lowest BCUT2D eigenvalue weighted by molar-refractivity contribution is -0.130. The average Bonchev–Trinajstić information content (AvgIpc) is 3.37. The largest absolute Gasteiger partial charge is 0.325 e. The number of para-hydroxylation sites is 1. The number of urea groups is 1. The van der Waals surface area contributed by atoms with E-state index >= 15 is 0 Å². The van der Waals surface area contributed by atoms with E-state index in [1.54, 1.807) is 25.6 Å². The van der Waals surface area contributed by atoms with Crippen LogP contribution in [0.3, 0.4) is 0 Å². The SMILES string of the molecule is CC1(C)NC(=O)N(CCCSc2nnc(C3CC3)n2-c2ccccc2)C1=O. The zero-order chi connectivity index (χ0) is 19.0. The van der Waals surface area contributed by atoms with Crippen molar-refractivity contribution in [3.63, 3.8) is 0 Å². The van der Waals surface area contributed by atoms with Crippen molar-refractivity contribution in [1.29, 1.82) is 0 Å². The zero-order valence-electron chi connectivity index (χ0n) is 15.5. The standard InChI is InChI=1S/C19H23N5O2S/c1-19(2)16(25)23(17(26)20-19)11-6-12-27-18-22-21-15(13-9-10-13)24(18)14-7-4-3-5-8-14/h3-5,7-8,13H,6,9-12H2,1-2H3,(H,20,26). The first kappa shape index (κ1) is 18.0. The fourth-order valence-corrected chi connectivity index (χ4v) is 4.09. The maximum Gasteiger partial charge on any atom is 0.325 e. The van der Waals surface area contributed by atoms with Crippen molar-refractivity contribution in [2.24, 2.45) is 0 Å². The van der Waals surface area contributed by atoms with Crippen molar-refractivity contribution < 1.29 is 9.59 Å². The second kappa shape index (κ2) is 6.99. The van der Waals surface area contributed by atoms with Crippen molar-refractivity contribution in [1.82, 2.24) is 25.0 Å². The van der Waals surface area contributed by atoms with Gasteiger partial charge in [0, 0.05) is 23.9 Å². The Morgan fingerprint density at radius 2 is 1.93 bits per heavy atom. The van der Waals surface area contributed by atoms with Gasteiger partial charge in [0.25, 0.3) is 5.91 Å². The maximum absolute atomic E-state index is 12.2. The molecule has 7 nitrogen and oxygen atoms in total. The van der Waals surface area contributed by atoms with Gasteiger partial charge in [-0.25, -0.2) is 4.79 Å². The lowest BCUT2D eigenvalue weighted by atomic mass is 10.1. The Bertz CT molecular complexity index is 860. The molecule has 2 heterocycles. The molecule has 0 unspecified atom stereocenters. The fourth-order valence-electron chi connectivity index (χ4n) is 3.21. The molecule has 2 aliphatic rings. The van der Waals surface area contributed by atoms with E-state index in [4.69, 9.17) is 0 Å². The molecule has 1 aromatic carbocycles. The Hall–Kier alpha value is -2.35. The monoisotopic (exact) mass is 385 g/mol. The minimum atomic E-state index is -0.809. The summed E-state index contributed by atoms with van der Waals surface area (Å²) in [6.07, 6.45) is 3.04. The van der Waals surface area contributed by atoms with E-state index in [-0.39, 0.29) is 11.9 Å². The topological polar surface area (TPSA) is 80.1 Å². The highest BCUT2D eigenvalue weighted by Gasteiger charge is 2.43. The highest BCUT2D eigenvalue weighted by Crippen LogP contribution is 2.41. The second-order valence-electron chi connectivity index (χ2n) is 7.50. The molecule has 2 fully saturated rings. The third-order valence-electron chi connectivity index (χ3n) is 4.82. The van der Waals surface area contributed by atoms with Crippen LogP contribution in [0, 0.1) is 0 Å². The summed E-state index contributed by atoms with van der Waals surface area (Å²) < 4.78 is 2.14. The first-order valence-electron chi connectivity index (χ1n) is 9.25. The smallest absolute Gasteiger partial charge is 0.324 e. The summed E-state index contributed by atoms with van der Waals surface area (Å²) in [6, 6.07) is 9.85. The number of hydrogen-bond donors (Lipinski definition) is 1. The van der Waals surface area contributed by atoms with E-state index < -0.39 is 5.54 Å². The molecule has 3 amide bonds. The molecule has 2 aromatic rings. The van der Waals surface area contributed by atoms with Crippen LogP contribution in [-0.2, 0) is 4.79 Å². The first-order chi connectivity index (χ1) is 13.0.